The van der Waals surface area contributed by atoms with Crippen molar-refractivity contribution in [2.45, 2.75) is 17.4 Å². The molecule has 0 unspecified atom stereocenters. The van der Waals surface area contributed by atoms with E-state index in [1.54, 1.807) is 6.92 Å². The van der Waals surface area contributed by atoms with Crippen molar-refractivity contribution < 1.29 is 18.3 Å². The first-order valence-corrected chi connectivity index (χ1v) is 7.76. The minimum absolute atomic E-state index is 0.00574. The molecule has 1 aliphatic heterocycles. The molecule has 1 heterocycles. The van der Waals surface area contributed by atoms with Crippen molar-refractivity contribution in [3.05, 3.63) is 16.6 Å². The van der Waals surface area contributed by atoms with Crippen LogP contribution in [0.5, 0.6) is 5.75 Å². The summed E-state index contributed by atoms with van der Waals surface area (Å²) in [5.74, 6) is 0.215. The molecule has 8 heteroatoms. The lowest BCUT2D eigenvalue weighted by atomic mass is 10.0. The van der Waals surface area contributed by atoms with Crippen molar-refractivity contribution >= 4 is 31.6 Å². The van der Waals surface area contributed by atoms with Gasteiger partial charge in [0.1, 0.15) is 10.6 Å². The summed E-state index contributed by atoms with van der Waals surface area (Å²) < 4.78 is 31.7. The molecule has 3 N–H and O–H groups in total. The number of aliphatic hydroxyl groups is 1. The average Bonchev–Trinajstić information content (AvgIpc) is 2.28. The van der Waals surface area contributed by atoms with Gasteiger partial charge in [0.05, 0.1) is 12.7 Å². The summed E-state index contributed by atoms with van der Waals surface area (Å²) in [6.45, 7) is 1.72. The van der Waals surface area contributed by atoms with E-state index < -0.39 is 15.6 Å². The Hall–Kier alpha value is -0.830. The minimum atomic E-state index is -3.71. The van der Waals surface area contributed by atoms with Gasteiger partial charge in [0.25, 0.3) is 0 Å². The summed E-state index contributed by atoms with van der Waals surface area (Å²) >= 11 is 3.22. The Morgan fingerprint density at radius 3 is 2.53 bits per heavy atom. The van der Waals surface area contributed by atoms with Gasteiger partial charge in [-0.3, -0.25) is 0 Å². The summed E-state index contributed by atoms with van der Waals surface area (Å²) in [6, 6.07) is 2.87. The molecule has 1 aromatic carbocycles. The fraction of sp³-hybridized carbons (Fsp3) is 0.455. The van der Waals surface area contributed by atoms with Gasteiger partial charge >= 0.3 is 0 Å². The van der Waals surface area contributed by atoms with Crippen molar-refractivity contribution in [3.8, 4) is 5.75 Å². The largest absolute Gasteiger partial charge is 0.495 e. The third-order valence-electron chi connectivity index (χ3n) is 2.93. The molecular formula is C11H15BrN2O4S. The second kappa shape index (κ2) is 4.62. The molecule has 0 bridgehead atoms. The molecule has 0 atom stereocenters. The highest BCUT2D eigenvalue weighted by Crippen LogP contribution is 2.36. The van der Waals surface area contributed by atoms with E-state index in [2.05, 4.69) is 15.9 Å². The molecule has 106 valence electrons. The molecule has 6 nitrogen and oxygen atoms in total. The van der Waals surface area contributed by atoms with E-state index in [0.29, 0.717) is 10.2 Å². The summed E-state index contributed by atoms with van der Waals surface area (Å²) in [5.41, 5.74) is 5.06. The van der Waals surface area contributed by atoms with Gasteiger partial charge in [0.15, 0.2) is 0 Å². The van der Waals surface area contributed by atoms with Gasteiger partial charge in [-0.1, -0.05) is 0 Å². The fourth-order valence-electron chi connectivity index (χ4n) is 1.93. The number of β-amino-alcohol motifs (C(OH)–C–C–N with tert-alkyl or cyclic N) is 1. The van der Waals surface area contributed by atoms with Crippen molar-refractivity contribution in [2.75, 3.05) is 25.9 Å². The molecule has 1 saturated heterocycles. The highest BCUT2D eigenvalue weighted by atomic mass is 79.9. The second-order valence-corrected chi connectivity index (χ2v) is 7.56. The number of methoxy groups -OCH3 is 1. The van der Waals surface area contributed by atoms with Crippen LogP contribution >= 0.6 is 15.9 Å². The van der Waals surface area contributed by atoms with Crippen LogP contribution in [-0.4, -0.2) is 43.6 Å². The molecule has 0 spiro atoms. The second-order valence-electron chi connectivity index (χ2n) is 4.79. The molecule has 1 fully saturated rings. The summed E-state index contributed by atoms with van der Waals surface area (Å²) in [4.78, 5) is 0.00574. The lowest BCUT2D eigenvalue weighted by Crippen LogP contribution is -2.61. The number of rotatable bonds is 3. The number of anilines is 1. The Bertz CT molecular complexity index is 607. The zero-order chi connectivity index (χ0) is 14.4. The van der Waals surface area contributed by atoms with Crippen molar-refractivity contribution in [3.63, 3.8) is 0 Å². The van der Waals surface area contributed by atoms with Gasteiger partial charge in [-0.2, -0.15) is 4.31 Å². The average molecular weight is 351 g/mol. The maximum atomic E-state index is 12.4. The number of nitrogen functional groups attached to an aromatic ring is 1. The summed E-state index contributed by atoms with van der Waals surface area (Å²) in [6.07, 6.45) is 0. The molecule has 0 radical (unpaired) electrons. The Morgan fingerprint density at radius 2 is 2.05 bits per heavy atom. The fourth-order valence-corrected chi connectivity index (χ4v) is 4.10. The molecule has 1 aromatic rings. The monoisotopic (exact) mass is 350 g/mol. The maximum absolute atomic E-state index is 12.4. The van der Waals surface area contributed by atoms with Crippen LogP contribution in [0.1, 0.15) is 6.92 Å². The lowest BCUT2D eigenvalue weighted by Gasteiger charge is -2.42. The topological polar surface area (TPSA) is 92.9 Å². The van der Waals surface area contributed by atoms with Crippen molar-refractivity contribution in [1.29, 1.82) is 0 Å². The van der Waals surface area contributed by atoms with E-state index >= 15 is 0 Å². The van der Waals surface area contributed by atoms with E-state index in [9.17, 15) is 13.5 Å². The number of nitrogens with two attached hydrogens (primary N) is 1. The van der Waals surface area contributed by atoms with Crippen LogP contribution in [0.15, 0.2) is 21.5 Å². The van der Waals surface area contributed by atoms with E-state index in [1.807, 2.05) is 0 Å². The predicted molar refractivity (Wildman–Crippen MR) is 74.5 cm³/mol. The molecule has 0 aromatic heterocycles. The molecule has 2 rings (SSSR count). The first-order valence-electron chi connectivity index (χ1n) is 5.53. The Labute approximate surface area is 120 Å². The molecule has 0 saturated carbocycles. The maximum Gasteiger partial charge on any atom is 0.247 e. The Kier molecular flexibility index (Phi) is 3.54. The van der Waals surface area contributed by atoms with Crippen LogP contribution in [0.3, 0.4) is 0 Å². The Morgan fingerprint density at radius 1 is 1.47 bits per heavy atom. The van der Waals surface area contributed by atoms with E-state index in [0.717, 1.165) is 0 Å². The number of nitrogens with zero attached hydrogens (tertiary/aromatic N) is 1. The van der Waals surface area contributed by atoms with Crippen molar-refractivity contribution in [2.24, 2.45) is 0 Å². The molecular weight excluding hydrogens is 336 g/mol. The zero-order valence-corrected chi connectivity index (χ0v) is 13.0. The highest BCUT2D eigenvalue weighted by molar-refractivity contribution is 9.10. The Balaban J connectivity index is 2.44. The number of hydrogen-bond acceptors (Lipinski definition) is 5. The lowest BCUT2D eigenvalue weighted by molar-refractivity contribution is -0.0426. The number of benzene rings is 1. The molecule has 0 aliphatic carbocycles. The van der Waals surface area contributed by atoms with Gasteiger partial charge in [0, 0.05) is 23.2 Å². The first kappa shape index (κ1) is 14.6. The van der Waals surface area contributed by atoms with E-state index in [4.69, 9.17) is 10.5 Å². The summed E-state index contributed by atoms with van der Waals surface area (Å²) in [5, 5.41) is 9.65. The first-order chi connectivity index (χ1) is 8.67. The van der Waals surface area contributed by atoms with Gasteiger partial charge in [-0.15, -0.1) is 0 Å². The van der Waals surface area contributed by atoms with Crippen LogP contribution in [0.4, 0.5) is 5.69 Å². The smallest absolute Gasteiger partial charge is 0.247 e. The minimum Gasteiger partial charge on any atom is -0.495 e. The van der Waals surface area contributed by atoms with Crippen LogP contribution in [-0.2, 0) is 10.0 Å². The number of hydrogen-bond donors (Lipinski definition) is 2. The van der Waals surface area contributed by atoms with Gasteiger partial charge < -0.3 is 15.6 Å². The van der Waals surface area contributed by atoms with Crippen LogP contribution in [0.25, 0.3) is 0 Å². The molecule has 19 heavy (non-hydrogen) atoms. The number of halogens is 1. The van der Waals surface area contributed by atoms with Gasteiger partial charge in [-0.25, -0.2) is 8.42 Å². The van der Waals surface area contributed by atoms with E-state index in [1.165, 1.54) is 23.5 Å². The quantitative estimate of drug-likeness (QED) is 0.786. The van der Waals surface area contributed by atoms with Gasteiger partial charge in [-0.05, 0) is 35.0 Å². The molecule has 0 amide bonds. The van der Waals surface area contributed by atoms with Gasteiger partial charge in [0.2, 0.25) is 10.0 Å². The van der Waals surface area contributed by atoms with Crippen LogP contribution < -0.4 is 10.5 Å². The van der Waals surface area contributed by atoms with Crippen LogP contribution in [0, 0.1) is 0 Å². The molecule has 1 aliphatic rings. The highest BCUT2D eigenvalue weighted by Gasteiger charge is 2.44. The predicted octanol–water partition coefficient (Wildman–Crippen LogP) is 0.795. The SMILES string of the molecule is COc1cc(Br)c(N)cc1S(=O)(=O)N1CC(C)(O)C1. The number of ether oxygens (including phenoxy) is 1. The third kappa shape index (κ3) is 2.58. The summed E-state index contributed by atoms with van der Waals surface area (Å²) in [7, 11) is -2.32. The van der Waals surface area contributed by atoms with Crippen LogP contribution in [0.2, 0.25) is 0 Å². The van der Waals surface area contributed by atoms with E-state index in [-0.39, 0.29) is 23.7 Å². The zero-order valence-electron chi connectivity index (χ0n) is 10.6. The normalized spacial score (nSPS) is 18.9. The standard InChI is InChI=1S/C11H15BrN2O4S/c1-11(15)5-14(6-11)19(16,17)10-4-8(13)7(12)3-9(10)18-2/h3-4,15H,5-6,13H2,1-2H3. The third-order valence-corrected chi connectivity index (χ3v) is 5.43. The van der Waals surface area contributed by atoms with Crippen molar-refractivity contribution in [1.82, 2.24) is 4.31 Å². The number of sulfonamides is 1.